The number of thiophene rings is 1. The first-order valence-electron chi connectivity index (χ1n) is 12.4. The number of carbonyl (C=O) groups excluding carboxylic acids is 2. The molecule has 2 aliphatic rings. The second-order valence-corrected chi connectivity index (χ2v) is 10.2. The number of urea groups is 1. The molecule has 2 aromatic rings. The molecule has 3 amide bonds. The third-order valence-corrected chi connectivity index (χ3v) is 7.21. The van der Waals surface area contributed by atoms with Crippen molar-refractivity contribution in [3.8, 4) is 5.75 Å². The summed E-state index contributed by atoms with van der Waals surface area (Å²) in [7, 11) is 1.63. The molecule has 0 spiro atoms. The Kier molecular flexibility index (Phi) is 8.95. The van der Waals surface area contributed by atoms with Crippen LogP contribution in [0.15, 0.2) is 46.9 Å². The normalized spacial score (nSPS) is 18.3. The van der Waals surface area contributed by atoms with E-state index in [2.05, 4.69) is 10.2 Å². The van der Waals surface area contributed by atoms with Crippen molar-refractivity contribution in [2.45, 2.75) is 32.4 Å². The predicted octanol–water partition coefficient (Wildman–Crippen LogP) is 3.19. The molecule has 36 heavy (non-hydrogen) atoms. The van der Waals surface area contributed by atoms with Gasteiger partial charge in [-0.05, 0) is 43.0 Å². The molecule has 1 unspecified atom stereocenters. The molecule has 1 atom stereocenters. The van der Waals surface area contributed by atoms with Gasteiger partial charge < -0.3 is 19.7 Å². The zero-order chi connectivity index (χ0) is 25.5. The van der Waals surface area contributed by atoms with Crippen molar-refractivity contribution >= 4 is 29.0 Å². The molecular weight excluding hydrogens is 478 g/mol. The molecule has 1 fully saturated rings. The van der Waals surface area contributed by atoms with Gasteiger partial charge in [-0.1, -0.05) is 18.2 Å². The first kappa shape index (κ1) is 26.1. The van der Waals surface area contributed by atoms with Gasteiger partial charge in [-0.3, -0.25) is 9.69 Å². The van der Waals surface area contributed by atoms with E-state index in [1.54, 1.807) is 28.4 Å². The van der Waals surface area contributed by atoms with Crippen molar-refractivity contribution in [3.05, 3.63) is 52.2 Å². The Hall–Kier alpha value is -2.95. The molecule has 1 saturated heterocycles. The SMILES string of the molecule is COc1ccc(C2CC(c3cccs3)=NN2C(=O)CN(CCN2CCOCC2)C(=O)NC(C)C)cc1. The maximum atomic E-state index is 13.7. The lowest BCUT2D eigenvalue weighted by molar-refractivity contribution is -0.133. The van der Waals surface area contributed by atoms with Crippen LogP contribution in [-0.4, -0.2) is 91.5 Å². The number of hydrogen-bond acceptors (Lipinski definition) is 7. The fourth-order valence-corrected chi connectivity index (χ4v) is 5.05. The molecule has 9 nitrogen and oxygen atoms in total. The van der Waals surface area contributed by atoms with Crippen molar-refractivity contribution in [2.75, 3.05) is 53.0 Å². The lowest BCUT2D eigenvalue weighted by Gasteiger charge is -2.31. The highest BCUT2D eigenvalue weighted by Crippen LogP contribution is 2.34. The molecule has 1 N–H and O–H groups in total. The van der Waals surface area contributed by atoms with Gasteiger partial charge in [0.15, 0.2) is 0 Å². The van der Waals surface area contributed by atoms with E-state index in [1.807, 2.05) is 55.6 Å². The van der Waals surface area contributed by atoms with Gasteiger partial charge in [0.1, 0.15) is 12.3 Å². The molecule has 0 aliphatic carbocycles. The minimum atomic E-state index is -0.241. The van der Waals surface area contributed by atoms with Crippen LogP contribution in [0.2, 0.25) is 0 Å². The van der Waals surface area contributed by atoms with Crippen LogP contribution < -0.4 is 10.1 Å². The zero-order valence-corrected chi connectivity index (χ0v) is 22.0. The Morgan fingerprint density at radius 2 is 1.97 bits per heavy atom. The standard InChI is InChI=1S/C26H35N5O4S/c1-19(2)27-26(33)30(11-10-29-12-14-35-15-13-29)18-25(32)31-23(20-6-8-21(34-3)9-7-20)17-22(28-31)24-5-4-16-36-24/h4-9,16,19,23H,10-15,17-18H2,1-3H3,(H,27,33). The quantitative estimate of drug-likeness (QED) is 0.557. The van der Waals surface area contributed by atoms with E-state index < -0.39 is 0 Å². The van der Waals surface area contributed by atoms with Gasteiger partial charge in [-0.25, -0.2) is 9.80 Å². The molecule has 0 radical (unpaired) electrons. The number of methoxy groups -OCH3 is 1. The number of ether oxygens (including phenoxy) is 2. The number of nitrogens with zero attached hydrogens (tertiary/aromatic N) is 4. The van der Waals surface area contributed by atoms with Crippen molar-refractivity contribution < 1.29 is 19.1 Å². The Morgan fingerprint density at radius 1 is 1.22 bits per heavy atom. The first-order valence-corrected chi connectivity index (χ1v) is 13.3. The summed E-state index contributed by atoms with van der Waals surface area (Å²) < 4.78 is 10.7. The van der Waals surface area contributed by atoms with E-state index in [1.165, 1.54) is 0 Å². The predicted molar refractivity (Wildman–Crippen MR) is 141 cm³/mol. The van der Waals surface area contributed by atoms with E-state index in [0.29, 0.717) is 32.7 Å². The lowest BCUT2D eigenvalue weighted by Crippen LogP contribution is -2.50. The maximum absolute atomic E-state index is 13.7. The van der Waals surface area contributed by atoms with Crippen LogP contribution >= 0.6 is 11.3 Å². The Labute approximate surface area is 216 Å². The Morgan fingerprint density at radius 3 is 2.61 bits per heavy atom. The molecule has 4 rings (SSSR count). The number of hydrazone groups is 1. The van der Waals surface area contributed by atoms with Gasteiger partial charge in [-0.15, -0.1) is 11.3 Å². The Balaban J connectivity index is 1.53. The van der Waals surface area contributed by atoms with Crippen LogP contribution in [0.4, 0.5) is 4.79 Å². The molecule has 2 aliphatic heterocycles. The molecule has 0 bridgehead atoms. The van der Waals surface area contributed by atoms with Crippen LogP contribution in [0, 0.1) is 0 Å². The van der Waals surface area contributed by atoms with E-state index in [-0.39, 0.29) is 30.6 Å². The average Bonchev–Trinajstić information content (AvgIpc) is 3.57. The number of hydrogen-bond donors (Lipinski definition) is 1. The second-order valence-electron chi connectivity index (χ2n) is 9.24. The first-order chi connectivity index (χ1) is 17.4. The monoisotopic (exact) mass is 513 g/mol. The van der Waals surface area contributed by atoms with Gasteiger partial charge in [0.2, 0.25) is 0 Å². The summed E-state index contributed by atoms with van der Waals surface area (Å²) in [6.45, 7) is 7.96. The highest BCUT2D eigenvalue weighted by molar-refractivity contribution is 7.12. The van der Waals surface area contributed by atoms with Crippen LogP contribution in [-0.2, 0) is 9.53 Å². The number of nitrogens with one attached hydrogen (secondary N) is 1. The van der Waals surface area contributed by atoms with Crippen molar-refractivity contribution in [2.24, 2.45) is 5.10 Å². The maximum Gasteiger partial charge on any atom is 0.318 e. The van der Waals surface area contributed by atoms with E-state index in [4.69, 9.17) is 14.6 Å². The van der Waals surface area contributed by atoms with Crippen LogP contribution in [0.1, 0.15) is 36.8 Å². The smallest absolute Gasteiger partial charge is 0.318 e. The zero-order valence-electron chi connectivity index (χ0n) is 21.2. The molecule has 1 aromatic carbocycles. The third kappa shape index (κ3) is 6.63. The second kappa shape index (κ2) is 12.3. The number of benzene rings is 1. The largest absolute Gasteiger partial charge is 0.497 e. The van der Waals surface area contributed by atoms with Gasteiger partial charge in [0.05, 0.1) is 37.0 Å². The fraction of sp³-hybridized carbons (Fsp3) is 0.500. The third-order valence-electron chi connectivity index (χ3n) is 6.29. The van der Waals surface area contributed by atoms with E-state index in [0.717, 1.165) is 35.0 Å². The number of morpholine rings is 1. The Bertz CT molecular complexity index is 1040. The highest BCUT2D eigenvalue weighted by Gasteiger charge is 2.35. The van der Waals surface area contributed by atoms with Gasteiger partial charge in [0, 0.05) is 38.6 Å². The van der Waals surface area contributed by atoms with E-state index in [9.17, 15) is 9.59 Å². The summed E-state index contributed by atoms with van der Waals surface area (Å²) in [5.74, 6) is 0.553. The molecule has 10 heteroatoms. The molecule has 194 valence electrons. The molecule has 1 aromatic heterocycles. The average molecular weight is 514 g/mol. The molecule has 0 saturated carbocycles. The number of carbonyl (C=O) groups is 2. The highest BCUT2D eigenvalue weighted by atomic mass is 32.1. The lowest BCUT2D eigenvalue weighted by atomic mass is 10.0. The minimum Gasteiger partial charge on any atom is -0.497 e. The summed E-state index contributed by atoms with van der Waals surface area (Å²) in [6.07, 6.45) is 0.616. The summed E-state index contributed by atoms with van der Waals surface area (Å²) in [4.78, 5) is 31.6. The van der Waals surface area contributed by atoms with Crippen molar-refractivity contribution in [1.82, 2.24) is 20.1 Å². The topological polar surface area (TPSA) is 86.7 Å². The van der Waals surface area contributed by atoms with Crippen molar-refractivity contribution in [1.29, 1.82) is 0 Å². The fourth-order valence-electron chi connectivity index (χ4n) is 4.33. The van der Waals surface area contributed by atoms with Gasteiger partial charge in [0.25, 0.3) is 5.91 Å². The number of amides is 3. The summed E-state index contributed by atoms with van der Waals surface area (Å²) in [5, 5.41) is 11.3. The van der Waals surface area contributed by atoms with Crippen LogP contribution in [0.5, 0.6) is 5.75 Å². The van der Waals surface area contributed by atoms with E-state index >= 15 is 0 Å². The summed E-state index contributed by atoms with van der Waals surface area (Å²) in [5.41, 5.74) is 1.86. The minimum absolute atomic E-state index is 0.0271. The van der Waals surface area contributed by atoms with Gasteiger partial charge >= 0.3 is 6.03 Å². The van der Waals surface area contributed by atoms with Crippen LogP contribution in [0.25, 0.3) is 0 Å². The van der Waals surface area contributed by atoms with Gasteiger partial charge in [-0.2, -0.15) is 5.10 Å². The molecule has 3 heterocycles. The van der Waals surface area contributed by atoms with Crippen LogP contribution in [0.3, 0.4) is 0 Å². The molecular formula is C26H35N5O4S. The summed E-state index contributed by atoms with van der Waals surface area (Å²) in [6, 6.07) is 11.2. The van der Waals surface area contributed by atoms with Crippen molar-refractivity contribution in [3.63, 3.8) is 0 Å². The number of rotatable bonds is 9. The summed E-state index contributed by atoms with van der Waals surface area (Å²) >= 11 is 1.61.